The fourth-order valence-corrected chi connectivity index (χ4v) is 6.95. The molecule has 0 saturated carbocycles. The molecule has 234 valence electrons. The Bertz CT molecular complexity index is 1610. The lowest BCUT2D eigenvalue weighted by Gasteiger charge is -2.37. The largest absolute Gasteiger partial charge is 0.444 e. The first-order chi connectivity index (χ1) is 22.2. The Morgan fingerprint density at radius 2 is 1.13 bits per heavy atom. The molecule has 2 N–H and O–H groups in total. The second-order valence-electron chi connectivity index (χ2n) is 12.1. The van der Waals surface area contributed by atoms with E-state index in [0.29, 0.717) is 23.4 Å². The Kier molecular flexibility index (Phi) is 10.6. The average molecular weight is 629 g/mol. The third kappa shape index (κ3) is 8.26. The van der Waals surface area contributed by atoms with Crippen molar-refractivity contribution in [3.8, 4) is 0 Å². The van der Waals surface area contributed by atoms with Gasteiger partial charge in [-0.1, -0.05) is 133 Å². The van der Waals surface area contributed by atoms with Crippen molar-refractivity contribution in [2.45, 2.75) is 37.2 Å². The summed E-state index contributed by atoms with van der Waals surface area (Å²) in [6.45, 7) is 5.99. The Balaban J connectivity index is 1.45. The van der Waals surface area contributed by atoms with Crippen LogP contribution in [-0.4, -0.2) is 35.8 Å². The van der Waals surface area contributed by atoms with E-state index in [9.17, 15) is 9.59 Å². The second kappa shape index (κ2) is 15.0. The molecule has 0 spiro atoms. The lowest BCUT2D eigenvalue weighted by molar-refractivity contribution is 0.0512. The number of alkyl carbamates (subject to hydrolysis) is 1. The van der Waals surface area contributed by atoms with E-state index in [1.165, 1.54) is 0 Å². The van der Waals surface area contributed by atoms with Crippen LogP contribution in [0.2, 0.25) is 0 Å². The molecule has 0 aliphatic carbocycles. The predicted molar refractivity (Wildman–Crippen MR) is 190 cm³/mol. The minimum Gasteiger partial charge on any atom is -0.444 e. The molecule has 0 aliphatic heterocycles. The van der Waals surface area contributed by atoms with E-state index in [4.69, 9.17) is 4.74 Å². The Morgan fingerprint density at radius 3 is 1.63 bits per heavy atom. The van der Waals surface area contributed by atoms with Crippen LogP contribution in [0, 0.1) is 0 Å². The van der Waals surface area contributed by atoms with Crippen LogP contribution in [0.4, 0.5) is 10.5 Å². The van der Waals surface area contributed by atoms with Gasteiger partial charge in [-0.15, -0.1) is 11.8 Å². The van der Waals surface area contributed by atoms with Gasteiger partial charge in [-0.25, -0.2) is 4.79 Å². The predicted octanol–water partition coefficient (Wildman–Crippen LogP) is 8.95. The fourth-order valence-electron chi connectivity index (χ4n) is 5.39. The highest BCUT2D eigenvalue weighted by atomic mass is 32.2. The first-order valence-corrected chi connectivity index (χ1v) is 16.5. The quantitative estimate of drug-likeness (QED) is 0.107. The van der Waals surface area contributed by atoms with Gasteiger partial charge in [-0.05, 0) is 49.6 Å². The highest BCUT2D eigenvalue weighted by Crippen LogP contribution is 2.48. The van der Waals surface area contributed by atoms with Gasteiger partial charge in [0.05, 0.1) is 10.8 Å². The summed E-state index contributed by atoms with van der Waals surface area (Å²) in [5.41, 5.74) is 4.83. The van der Waals surface area contributed by atoms with Gasteiger partial charge < -0.3 is 15.4 Å². The van der Waals surface area contributed by atoms with Crippen molar-refractivity contribution < 1.29 is 14.3 Å². The monoisotopic (exact) mass is 628 g/mol. The zero-order chi connectivity index (χ0) is 32.4. The number of ketones is 1. The normalized spacial score (nSPS) is 12.2. The van der Waals surface area contributed by atoms with E-state index in [1.807, 2.05) is 93.6 Å². The Labute approximate surface area is 276 Å². The number of anilines is 1. The number of hydrogen-bond acceptors (Lipinski definition) is 5. The van der Waals surface area contributed by atoms with Crippen LogP contribution in [-0.2, 0) is 9.48 Å². The number of benzene rings is 5. The average Bonchev–Trinajstić information content (AvgIpc) is 3.08. The van der Waals surface area contributed by atoms with Crippen molar-refractivity contribution in [1.82, 2.24) is 5.32 Å². The van der Waals surface area contributed by atoms with Gasteiger partial charge in [0.25, 0.3) is 0 Å². The number of amides is 1. The number of carbonyl (C=O) groups is 2. The number of nitrogens with one attached hydrogen (secondary N) is 2. The lowest BCUT2D eigenvalue weighted by Crippen LogP contribution is -2.45. The van der Waals surface area contributed by atoms with Crippen LogP contribution in [0.15, 0.2) is 146 Å². The van der Waals surface area contributed by atoms with E-state index in [2.05, 4.69) is 83.4 Å². The molecule has 0 saturated heterocycles. The third-order valence-corrected chi connectivity index (χ3v) is 9.19. The molecular formula is C40H40N2O3S. The van der Waals surface area contributed by atoms with Crippen molar-refractivity contribution in [2.75, 3.05) is 17.6 Å². The van der Waals surface area contributed by atoms with Crippen LogP contribution in [0.25, 0.3) is 0 Å². The van der Waals surface area contributed by atoms with Crippen molar-refractivity contribution in [3.05, 3.63) is 173 Å². The summed E-state index contributed by atoms with van der Waals surface area (Å²) in [6.07, 6.45) is -0.474. The van der Waals surface area contributed by atoms with Crippen molar-refractivity contribution in [3.63, 3.8) is 0 Å². The highest BCUT2D eigenvalue weighted by molar-refractivity contribution is 8.00. The van der Waals surface area contributed by atoms with Gasteiger partial charge in [-0.3, -0.25) is 4.79 Å². The first-order valence-electron chi connectivity index (χ1n) is 15.5. The van der Waals surface area contributed by atoms with Gasteiger partial charge >= 0.3 is 6.09 Å². The molecule has 5 rings (SSSR count). The number of carbonyl (C=O) groups excluding carboxylic acids is 2. The van der Waals surface area contributed by atoms with Crippen LogP contribution < -0.4 is 10.6 Å². The summed E-state index contributed by atoms with van der Waals surface area (Å²) < 4.78 is 5.13. The molecular weight excluding hydrogens is 589 g/mol. The molecule has 6 heteroatoms. The minimum atomic E-state index is -0.636. The highest BCUT2D eigenvalue weighted by Gasteiger charge is 2.37. The SMILES string of the molecule is CC(C)(C)OC(=O)N[C@H](CNc1cccc(C(=O)c2ccccc2)c1)CSC(c1ccccc1)(c1ccccc1)c1ccccc1. The molecule has 0 heterocycles. The van der Waals surface area contributed by atoms with E-state index in [-0.39, 0.29) is 11.8 Å². The molecule has 46 heavy (non-hydrogen) atoms. The number of thioether (sulfide) groups is 1. The maximum absolute atomic E-state index is 13.1. The molecule has 5 aromatic carbocycles. The van der Waals surface area contributed by atoms with Crippen LogP contribution in [0.5, 0.6) is 0 Å². The standard InChI is InChI=1S/C40H40N2O3S/c1-39(2,3)45-38(44)42-36(28-41-35-26-16-19-31(27-35)37(43)30-17-8-4-9-18-30)29-46-40(32-20-10-5-11-21-32,33-22-12-6-13-23-33)34-24-14-7-15-25-34/h4-27,36,41H,28-29H2,1-3H3,(H,42,44)/t36-/m1/s1. The number of ether oxygens (including phenoxy) is 1. The lowest BCUT2D eigenvalue weighted by atomic mass is 9.84. The second-order valence-corrected chi connectivity index (χ2v) is 13.3. The zero-order valence-electron chi connectivity index (χ0n) is 26.5. The molecule has 0 bridgehead atoms. The summed E-state index contributed by atoms with van der Waals surface area (Å²) in [5, 5.41) is 6.60. The maximum Gasteiger partial charge on any atom is 0.407 e. The van der Waals surface area contributed by atoms with Crippen LogP contribution in [0.1, 0.15) is 53.4 Å². The molecule has 0 fully saturated rings. The van der Waals surface area contributed by atoms with Gasteiger partial charge in [0.2, 0.25) is 0 Å². The van der Waals surface area contributed by atoms with Crippen molar-refractivity contribution in [2.24, 2.45) is 0 Å². The van der Waals surface area contributed by atoms with E-state index >= 15 is 0 Å². The molecule has 5 nitrogen and oxygen atoms in total. The maximum atomic E-state index is 13.1. The van der Waals surface area contributed by atoms with E-state index in [1.54, 1.807) is 11.8 Å². The topological polar surface area (TPSA) is 67.4 Å². The summed E-state index contributed by atoms with van der Waals surface area (Å²) in [4.78, 5) is 26.2. The van der Waals surface area contributed by atoms with Crippen molar-refractivity contribution >= 4 is 29.3 Å². The zero-order valence-corrected chi connectivity index (χ0v) is 27.3. The van der Waals surface area contributed by atoms with Gasteiger partial charge in [0, 0.05) is 29.1 Å². The summed E-state index contributed by atoms with van der Waals surface area (Å²) in [6, 6.07) is 47.9. The molecule has 0 unspecified atom stereocenters. The molecule has 1 atom stereocenters. The van der Waals surface area contributed by atoms with Crippen LogP contribution >= 0.6 is 11.8 Å². The smallest absolute Gasteiger partial charge is 0.407 e. The first kappa shape index (κ1) is 32.6. The molecule has 0 aliphatic rings. The molecule has 1 amide bonds. The molecule has 0 radical (unpaired) electrons. The summed E-state index contributed by atoms with van der Waals surface area (Å²) >= 11 is 1.77. The van der Waals surface area contributed by atoms with E-state index < -0.39 is 16.4 Å². The Hall–Kier alpha value is -4.81. The van der Waals surface area contributed by atoms with Crippen LogP contribution in [0.3, 0.4) is 0 Å². The van der Waals surface area contributed by atoms with Crippen molar-refractivity contribution in [1.29, 1.82) is 0 Å². The number of rotatable bonds is 12. The molecule has 0 aromatic heterocycles. The number of hydrogen-bond donors (Lipinski definition) is 2. The third-order valence-electron chi connectivity index (χ3n) is 7.48. The van der Waals surface area contributed by atoms with E-state index in [0.717, 1.165) is 22.4 Å². The molecule has 5 aromatic rings. The minimum absolute atomic E-state index is 0.0402. The van der Waals surface area contributed by atoms with Gasteiger partial charge in [0.15, 0.2) is 5.78 Å². The fraction of sp³-hybridized carbons (Fsp3) is 0.200. The summed E-state index contributed by atoms with van der Waals surface area (Å²) in [7, 11) is 0. The van der Waals surface area contributed by atoms with Gasteiger partial charge in [0.1, 0.15) is 5.60 Å². The summed E-state index contributed by atoms with van der Waals surface area (Å²) in [5.74, 6) is 0.523. The Morgan fingerprint density at radius 1 is 0.652 bits per heavy atom. The van der Waals surface area contributed by atoms with Gasteiger partial charge in [-0.2, -0.15) is 0 Å².